The van der Waals surface area contributed by atoms with Crippen molar-refractivity contribution in [3.05, 3.63) is 50.4 Å². The molecule has 0 fully saturated rings. The summed E-state index contributed by atoms with van der Waals surface area (Å²) >= 11 is 15.7. The largest absolute Gasteiger partial charge is 0.397 e. The van der Waals surface area contributed by atoms with Gasteiger partial charge < -0.3 is 11.1 Å². The highest BCUT2D eigenvalue weighted by Crippen LogP contribution is 2.33. The van der Waals surface area contributed by atoms with Crippen molar-refractivity contribution < 1.29 is 0 Å². The smallest absolute Gasteiger partial charge is 0.0644 e. The minimum absolute atomic E-state index is 0.608. The fourth-order valence-electron chi connectivity index (χ4n) is 1.52. The van der Waals surface area contributed by atoms with Crippen LogP contribution in [0.25, 0.3) is 0 Å². The molecule has 0 aromatic heterocycles. The molecular weight excluding hydrogens is 335 g/mol. The molecule has 0 spiro atoms. The van der Waals surface area contributed by atoms with Crippen LogP contribution in [0.5, 0.6) is 0 Å². The van der Waals surface area contributed by atoms with Gasteiger partial charge in [-0.25, -0.2) is 0 Å². The van der Waals surface area contributed by atoms with E-state index in [0.29, 0.717) is 15.7 Å². The summed E-state index contributed by atoms with van der Waals surface area (Å²) in [7, 11) is 0. The zero-order valence-corrected chi connectivity index (χ0v) is 12.7. The Kier molecular flexibility index (Phi) is 4.05. The zero-order valence-electron chi connectivity index (χ0n) is 9.60. The molecule has 0 amide bonds. The van der Waals surface area contributed by atoms with Crippen molar-refractivity contribution in [2.24, 2.45) is 0 Å². The maximum absolute atomic E-state index is 6.17. The average Bonchev–Trinajstić information content (AvgIpc) is 2.30. The number of nitrogens with one attached hydrogen (secondary N) is 1. The Labute approximate surface area is 124 Å². The number of nitrogens with two attached hydrogens (primary N) is 1. The van der Waals surface area contributed by atoms with Gasteiger partial charge in [0, 0.05) is 9.50 Å². The minimum atomic E-state index is 0.608. The van der Waals surface area contributed by atoms with Crippen LogP contribution in [0.1, 0.15) is 5.56 Å². The lowest BCUT2D eigenvalue weighted by Gasteiger charge is -2.12. The summed E-state index contributed by atoms with van der Waals surface area (Å²) in [5.74, 6) is 0. The minimum Gasteiger partial charge on any atom is -0.397 e. The summed E-state index contributed by atoms with van der Waals surface area (Å²) in [6.45, 7) is 1.91. The van der Waals surface area contributed by atoms with E-state index >= 15 is 0 Å². The molecule has 0 aliphatic heterocycles. The molecule has 2 rings (SSSR count). The van der Waals surface area contributed by atoms with E-state index in [2.05, 4.69) is 21.2 Å². The first-order valence-corrected chi connectivity index (χ1v) is 6.80. The van der Waals surface area contributed by atoms with Crippen molar-refractivity contribution in [3.63, 3.8) is 0 Å². The van der Waals surface area contributed by atoms with Crippen LogP contribution in [-0.2, 0) is 0 Å². The van der Waals surface area contributed by atoms with Crippen molar-refractivity contribution in [1.82, 2.24) is 0 Å². The number of anilines is 3. The second kappa shape index (κ2) is 5.39. The molecule has 0 aliphatic carbocycles. The van der Waals surface area contributed by atoms with E-state index < -0.39 is 0 Å². The molecule has 0 saturated carbocycles. The summed E-state index contributed by atoms with van der Waals surface area (Å²) in [5.41, 5.74) is 9.00. The Bertz CT molecular complexity index is 600. The second-order valence-electron chi connectivity index (χ2n) is 3.94. The molecule has 2 aromatic carbocycles. The summed E-state index contributed by atoms with van der Waals surface area (Å²) in [6.07, 6.45) is 0. The van der Waals surface area contributed by atoms with Crippen molar-refractivity contribution in [2.75, 3.05) is 11.1 Å². The predicted octanol–water partition coefficient (Wildman–Crippen LogP) is 5.39. The first-order valence-electron chi connectivity index (χ1n) is 5.25. The first kappa shape index (κ1) is 13.5. The van der Waals surface area contributed by atoms with Crippen LogP contribution < -0.4 is 11.1 Å². The van der Waals surface area contributed by atoms with E-state index in [0.717, 1.165) is 21.4 Å². The fourth-order valence-corrected chi connectivity index (χ4v) is 2.31. The molecule has 2 nitrogen and oxygen atoms in total. The van der Waals surface area contributed by atoms with Gasteiger partial charge >= 0.3 is 0 Å². The number of aryl methyl sites for hydroxylation is 1. The number of nitrogen functional groups attached to an aromatic ring is 1. The summed E-state index contributed by atoms with van der Waals surface area (Å²) < 4.78 is 0.938. The molecule has 2 aromatic rings. The van der Waals surface area contributed by atoms with Gasteiger partial charge in [0.2, 0.25) is 0 Å². The van der Waals surface area contributed by atoms with Gasteiger partial charge in [-0.3, -0.25) is 0 Å². The number of benzene rings is 2. The Morgan fingerprint density at radius 2 is 1.78 bits per heavy atom. The fraction of sp³-hybridized carbons (Fsp3) is 0.0769. The van der Waals surface area contributed by atoms with Gasteiger partial charge in [-0.15, -0.1) is 0 Å². The predicted molar refractivity (Wildman–Crippen MR) is 83.0 cm³/mol. The number of rotatable bonds is 2. The maximum atomic E-state index is 6.17. The SMILES string of the molecule is Cc1cc(Cl)c(Nc2cc(Br)ccc2N)cc1Cl. The molecule has 0 bridgehead atoms. The molecule has 0 radical (unpaired) electrons. The second-order valence-corrected chi connectivity index (χ2v) is 5.67. The van der Waals surface area contributed by atoms with Crippen molar-refractivity contribution in [2.45, 2.75) is 6.92 Å². The molecule has 3 N–H and O–H groups in total. The van der Waals surface area contributed by atoms with Crippen LogP contribution in [0.4, 0.5) is 17.1 Å². The summed E-state index contributed by atoms with van der Waals surface area (Å²) in [5, 5.41) is 4.45. The van der Waals surface area contributed by atoms with E-state index in [1.54, 1.807) is 6.07 Å². The molecule has 0 saturated heterocycles. The van der Waals surface area contributed by atoms with E-state index in [9.17, 15) is 0 Å². The van der Waals surface area contributed by atoms with Crippen LogP contribution in [0.3, 0.4) is 0 Å². The molecular formula is C13H11BrCl2N2. The third-order valence-electron chi connectivity index (χ3n) is 2.53. The Morgan fingerprint density at radius 1 is 1.06 bits per heavy atom. The molecule has 0 heterocycles. The quantitative estimate of drug-likeness (QED) is 0.716. The van der Waals surface area contributed by atoms with Gasteiger partial charge in [0.05, 0.1) is 22.1 Å². The number of hydrogen-bond acceptors (Lipinski definition) is 2. The van der Waals surface area contributed by atoms with Gasteiger partial charge in [0.15, 0.2) is 0 Å². The normalized spacial score (nSPS) is 10.4. The van der Waals surface area contributed by atoms with Crippen LogP contribution in [0, 0.1) is 6.92 Å². The van der Waals surface area contributed by atoms with Crippen LogP contribution in [0.2, 0.25) is 10.0 Å². The number of halogens is 3. The highest BCUT2D eigenvalue weighted by Gasteiger charge is 2.07. The van der Waals surface area contributed by atoms with Crippen LogP contribution in [-0.4, -0.2) is 0 Å². The third kappa shape index (κ3) is 2.91. The average molecular weight is 346 g/mol. The Morgan fingerprint density at radius 3 is 2.50 bits per heavy atom. The Balaban J connectivity index is 2.40. The highest BCUT2D eigenvalue weighted by molar-refractivity contribution is 9.10. The topological polar surface area (TPSA) is 38.0 Å². The lowest BCUT2D eigenvalue weighted by Crippen LogP contribution is -1.97. The first-order chi connectivity index (χ1) is 8.47. The zero-order chi connectivity index (χ0) is 13.3. The molecule has 5 heteroatoms. The van der Waals surface area contributed by atoms with Gasteiger partial charge in [-0.05, 0) is 42.8 Å². The molecule has 18 heavy (non-hydrogen) atoms. The van der Waals surface area contributed by atoms with Crippen molar-refractivity contribution in [1.29, 1.82) is 0 Å². The summed E-state index contributed by atoms with van der Waals surface area (Å²) in [6, 6.07) is 9.19. The van der Waals surface area contributed by atoms with Crippen LogP contribution >= 0.6 is 39.1 Å². The monoisotopic (exact) mass is 344 g/mol. The highest BCUT2D eigenvalue weighted by atomic mass is 79.9. The van der Waals surface area contributed by atoms with Crippen molar-refractivity contribution in [3.8, 4) is 0 Å². The van der Waals surface area contributed by atoms with Gasteiger partial charge in [-0.1, -0.05) is 39.1 Å². The summed E-state index contributed by atoms with van der Waals surface area (Å²) in [4.78, 5) is 0. The van der Waals surface area contributed by atoms with E-state index in [1.165, 1.54) is 0 Å². The Hall–Kier alpha value is -0.900. The van der Waals surface area contributed by atoms with Gasteiger partial charge in [0.1, 0.15) is 0 Å². The van der Waals surface area contributed by atoms with E-state index in [4.69, 9.17) is 28.9 Å². The van der Waals surface area contributed by atoms with Gasteiger partial charge in [-0.2, -0.15) is 0 Å². The van der Waals surface area contributed by atoms with Gasteiger partial charge in [0.25, 0.3) is 0 Å². The molecule has 0 aliphatic rings. The molecule has 0 atom stereocenters. The third-order valence-corrected chi connectivity index (χ3v) is 3.75. The van der Waals surface area contributed by atoms with E-state index in [-0.39, 0.29) is 0 Å². The maximum Gasteiger partial charge on any atom is 0.0644 e. The lowest BCUT2D eigenvalue weighted by atomic mass is 10.2. The molecule has 94 valence electrons. The van der Waals surface area contributed by atoms with Crippen molar-refractivity contribution >= 4 is 56.2 Å². The molecule has 0 unspecified atom stereocenters. The standard InChI is InChI=1S/C13H11BrCl2N2/c1-7-4-10(16)12(6-9(7)15)18-13-5-8(14)2-3-11(13)17/h2-6,18H,17H2,1H3. The number of hydrogen-bond donors (Lipinski definition) is 2. The lowest BCUT2D eigenvalue weighted by molar-refractivity contribution is 1.45. The van der Waals surface area contributed by atoms with Crippen LogP contribution in [0.15, 0.2) is 34.8 Å². The van der Waals surface area contributed by atoms with E-state index in [1.807, 2.05) is 31.2 Å².